The molecule has 2 heteroatoms. The monoisotopic (exact) mass is 214 g/mol. The van der Waals surface area contributed by atoms with E-state index < -0.39 is 0 Å². The number of benzene rings is 1. The van der Waals surface area contributed by atoms with Crippen molar-refractivity contribution in [2.75, 3.05) is 6.54 Å². The fourth-order valence-corrected chi connectivity index (χ4v) is 2.70. The number of nitrogens with two attached hydrogens (primary N) is 1. The summed E-state index contributed by atoms with van der Waals surface area (Å²) < 4.78 is 2.19. The second-order valence-corrected chi connectivity index (χ2v) is 5.02. The Hall–Kier alpha value is -1.28. The van der Waals surface area contributed by atoms with Crippen molar-refractivity contribution >= 4 is 10.9 Å². The van der Waals surface area contributed by atoms with Crippen molar-refractivity contribution in [3.8, 4) is 0 Å². The number of fused-ring (bicyclic) bond motifs is 1. The van der Waals surface area contributed by atoms with Gasteiger partial charge in [0.2, 0.25) is 0 Å². The van der Waals surface area contributed by atoms with Gasteiger partial charge in [0.05, 0.1) is 0 Å². The van der Waals surface area contributed by atoms with Crippen molar-refractivity contribution in [1.82, 2.24) is 4.57 Å². The molecule has 84 valence electrons. The molecule has 1 aromatic heterocycles. The molecule has 1 heterocycles. The minimum absolute atomic E-state index is 0.410. The average molecular weight is 214 g/mol. The summed E-state index contributed by atoms with van der Waals surface area (Å²) in [5.74, 6) is 0. The highest BCUT2D eigenvalue weighted by Gasteiger charge is 2.43. The van der Waals surface area contributed by atoms with Crippen LogP contribution in [0.25, 0.3) is 10.9 Å². The van der Waals surface area contributed by atoms with Gasteiger partial charge in [0, 0.05) is 18.8 Å². The highest BCUT2D eigenvalue weighted by atomic mass is 14.9. The second kappa shape index (κ2) is 3.36. The maximum absolute atomic E-state index is 5.71. The van der Waals surface area contributed by atoms with Crippen LogP contribution < -0.4 is 5.73 Å². The topological polar surface area (TPSA) is 30.9 Å². The SMILES string of the molecule is Cn1ccc2ccc(C3(CCN)CC3)cc21. The Balaban J connectivity index is 2.08. The first-order valence-corrected chi connectivity index (χ1v) is 6.01. The van der Waals surface area contributed by atoms with Gasteiger partial charge in [0.25, 0.3) is 0 Å². The molecule has 0 bridgehead atoms. The Bertz CT molecular complexity index is 521. The van der Waals surface area contributed by atoms with Gasteiger partial charge >= 0.3 is 0 Å². The minimum Gasteiger partial charge on any atom is -0.351 e. The molecule has 1 saturated carbocycles. The van der Waals surface area contributed by atoms with E-state index in [-0.39, 0.29) is 0 Å². The third-order valence-corrected chi connectivity index (χ3v) is 3.98. The van der Waals surface area contributed by atoms with E-state index in [0.29, 0.717) is 5.41 Å². The predicted octanol–water partition coefficient (Wildman–Crippen LogP) is 2.56. The van der Waals surface area contributed by atoms with Gasteiger partial charge in [-0.05, 0) is 54.3 Å². The molecule has 1 aliphatic rings. The standard InChI is InChI=1S/C14H18N2/c1-16-9-4-11-2-3-12(10-13(11)16)14(5-6-14)7-8-15/h2-4,9-10H,5-8,15H2,1H3. The number of hydrogen-bond acceptors (Lipinski definition) is 1. The molecule has 0 radical (unpaired) electrons. The minimum atomic E-state index is 0.410. The summed E-state index contributed by atoms with van der Waals surface area (Å²) in [6, 6.07) is 9.03. The molecule has 16 heavy (non-hydrogen) atoms. The summed E-state index contributed by atoms with van der Waals surface area (Å²) in [5, 5.41) is 1.33. The Kier molecular flexibility index (Phi) is 2.08. The first kappa shape index (κ1) is 9.91. The van der Waals surface area contributed by atoms with E-state index in [2.05, 4.69) is 42.1 Å². The fraction of sp³-hybridized carbons (Fsp3) is 0.429. The summed E-state index contributed by atoms with van der Waals surface area (Å²) in [5.41, 5.74) is 8.93. The molecule has 0 saturated heterocycles. The van der Waals surface area contributed by atoms with Crippen molar-refractivity contribution in [1.29, 1.82) is 0 Å². The van der Waals surface area contributed by atoms with Gasteiger partial charge in [-0.25, -0.2) is 0 Å². The first-order chi connectivity index (χ1) is 7.75. The first-order valence-electron chi connectivity index (χ1n) is 6.01. The van der Waals surface area contributed by atoms with Gasteiger partial charge in [-0.3, -0.25) is 0 Å². The third-order valence-electron chi connectivity index (χ3n) is 3.98. The van der Waals surface area contributed by atoms with E-state index in [1.807, 2.05) is 0 Å². The van der Waals surface area contributed by atoms with Crippen LogP contribution in [-0.4, -0.2) is 11.1 Å². The van der Waals surface area contributed by atoms with Crippen molar-refractivity contribution in [3.63, 3.8) is 0 Å². The van der Waals surface area contributed by atoms with Crippen molar-refractivity contribution in [2.24, 2.45) is 12.8 Å². The van der Waals surface area contributed by atoms with Gasteiger partial charge in [-0.2, -0.15) is 0 Å². The lowest BCUT2D eigenvalue weighted by Gasteiger charge is -2.14. The number of rotatable bonds is 3. The van der Waals surface area contributed by atoms with Gasteiger partial charge in [0.15, 0.2) is 0 Å². The van der Waals surface area contributed by atoms with E-state index in [9.17, 15) is 0 Å². The summed E-state index contributed by atoms with van der Waals surface area (Å²) in [6.45, 7) is 0.797. The second-order valence-electron chi connectivity index (χ2n) is 5.02. The van der Waals surface area contributed by atoms with Gasteiger partial charge in [-0.15, -0.1) is 0 Å². The van der Waals surface area contributed by atoms with Crippen LogP contribution in [0.4, 0.5) is 0 Å². The Morgan fingerprint density at radius 2 is 2.12 bits per heavy atom. The number of nitrogens with zero attached hydrogens (tertiary/aromatic N) is 1. The lowest BCUT2D eigenvalue weighted by molar-refractivity contribution is 0.629. The number of aryl methyl sites for hydroxylation is 1. The highest BCUT2D eigenvalue weighted by molar-refractivity contribution is 5.81. The normalized spacial score (nSPS) is 17.9. The molecular formula is C14H18N2. The van der Waals surface area contributed by atoms with Crippen molar-refractivity contribution in [2.45, 2.75) is 24.7 Å². The van der Waals surface area contributed by atoms with Gasteiger partial charge < -0.3 is 10.3 Å². The summed E-state index contributed by atoms with van der Waals surface area (Å²) in [6.07, 6.45) is 5.86. The van der Waals surface area contributed by atoms with Crippen LogP contribution in [0.2, 0.25) is 0 Å². The zero-order chi connectivity index (χ0) is 11.2. The summed E-state index contributed by atoms with van der Waals surface area (Å²) >= 11 is 0. The molecule has 0 aliphatic heterocycles. The van der Waals surface area contributed by atoms with E-state index >= 15 is 0 Å². The maximum Gasteiger partial charge on any atom is 0.0480 e. The smallest absolute Gasteiger partial charge is 0.0480 e. The van der Waals surface area contributed by atoms with E-state index in [0.717, 1.165) is 13.0 Å². The van der Waals surface area contributed by atoms with E-state index in [4.69, 9.17) is 5.73 Å². The number of aromatic nitrogens is 1. The van der Waals surface area contributed by atoms with Crippen LogP contribution in [-0.2, 0) is 12.5 Å². The van der Waals surface area contributed by atoms with E-state index in [1.165, 1.54) is 29.3 Å². The molecule has 0 unspecified atom stereocenters. The summed E-state index contributed by atoms with van der Waals surface area (Å²) in [7, 11) is 2.11. The molecule has 2 nitrogen and oxygen atoms in total. The molecule has 0 atom stereocenters. The lowest BCUT2D eigenvalue weighted by Crippen LogP contribution is -2.13. The highest BCUT2D eigenvalue weighted by Crippen LogP contribution is 2.51. The lowest BCUT2D eigenvalue weighted by atomic mass is 9.92. The Labute approximate surface area is 96.1 Å². The predicted molar refractivity (Wildman–Crippen MR) is 67.5 cm³/mol. The van der Waals surface area contributed by atoms with Crippen LogP contribution in [0.15, 0.2) is 30.5 Å². The molecule has 2 N–H and O–H groups in total. The zero-order valence-electron chi connectivity index (χ0n) is 9.74. The van der Waals surface area contributed by atoms with Gasteiger partial charge in [0.1, 0.15) is 0 Å². The third kappa shape index (κ3) is 1.37. The number of hydrogen-bond donors (Lipinski definition) is 1. The quantitative estimate of drug-likeness (QED) is 0.836. The fourth-order valence-electron chi connectivity index (χ4n) is 2.70. The van der Waals surface area contributed by atoms with Crippen molar-refractivity contribution < 1.29 is 0 Å². The van der Waals surface area contributed by atoms with Crippen LogP contribution >= 0.6 is 0 Å². The summed E-state index contributed by atoms with van der Waals surface area (Å²) in [4.78, 5) is 0. The van der Waals surface area contributed by atoms with Gasteiger partial charge in [-0.1, -0.05) is 12.1 Å². The van der Waals surface area contributed by atoms with Crippen LogP contribution in [0, 0.1) is 0 Å². The molecule has 3 rings (SSSR count). The van der Waals surface area contributed by atoms with Crippen LogP contribution in [0.5, 0.6) is 0 Å². The average Bonchev–Trinajstić information content (AvgIpc) is 2.99. The maximum atomic E-state index is 5.71. The Morgan fingerprint density at radius 1 is 1.31 bits per heavy atom. The largest absolute Gasteiger partial charge is 0.351 e. The molecule has 0 amide bonds. The molecule has 1 aliphatic carbocycles. The molecule has 2 aromatic rings. The van der Waals surface area contributed by atoms with Crippen LogP contribution in [0.1, 0.15) is 24.8 Å². The van der Waals surface area contributed by atoms with Crippen LogP contribution in [0.3, 0.4) is 0 Å². The molecular weight excluding hydrogens is 196 g/mol. The van der Waals surface area contributed by atoms with Crippen molar-refractivity contribution in [3.05, 3.63) is 36.0 Å². The zero-order valence-corrected chi connectivity index (χ0v) is 9.74. The Morgan fingerprint density at radius 3 is 2.81 bits per heavy atom. The molecule has 1 aromatic carbocycles. The van der Waals surface area contributed by atoms with E-state index in [1.54, 1.807) is 0 Å². The molecule has 1 fully saturated rings. The molecule has 0 spiro atoms.